The molecule has 6 aromatic heterocycles. The number of fused-ring (bicyclic) bond motifs is 2. The third-order valence-electron chi connectivity index (χ3n) is 9.00. The summed E-state index contributed by atoms with van der Waals surface area (Å²) in [5.74, 6) is 3.03. The Bertz CT molecular complexity index is 2450. The van der Waals surface area contributed by atoms with Crippen LogP contribution in [0.4, 0.5) is 32.1 Å². The largest absolute Gasteiger partial charge is 0.481 e. The molecule has 312 valence electrons. The minimum Gasteiger partial charge on any atom is -0.481 e. The number of pyridine rings is 4. The van der Waals surface area contributed by atoms with Crippen molar-refractivity contribution in [2.24, 2.45) is 5.11 Å². The summed E-state index contributed by atoms with van der Waals surface area (Å²) >= 11 is 0. The van der Waals surface area contributed by atoms with E-state index in [1.54, 1.807) is 63.9 Å². The molecule has 59 heavy (non-hydrogen) atoms. The number of hydrogen-bond acceptors (Lipinski definition) is 15. The molecule has 0 atom stereocenters. The molecular formula is C40H50F2N14O3. The Morgan fingerprint density at radius 2 is 1.05 bits per heavy atom. The number of ether oxygens (including phenoxy) is 2. The molecule has 17 nitrogen and oxygen atoms in total. The van der Waals surface area contributed by atoms with Crippen LogP contribution in [0.3, 0.4) is 0 Å². The molecule has 0 radical (unpaired) electrons. The van der Waals surface area contributed by atoms with Gasteiger partial charge in [0.15, 0.2) is 23.0 Å². The first-order valence-corrected chi connectivity index (χ1v) is 18.3. The number of nitrogens with one attached hydrogen (secondary N) is 3. The van der Waals surface area contributed by atoms with E-state index in [1.165, 1.54) is 47.2 Å². The zero-order valence-corrected chi connectivity index (χ0v) is 35.2. The lowest BCUT2D eigenvalue weighted by molar-refractivity contribution is 0.206. The molecule has 0 unspecified atom stereocenters. The molecule has 0 saturated carbocycles. The molecule has 0 aliphatic carbocycles. The van der Waals surface area contributed by atoms with Crippen LogP contribution in [-0.2, 0) is 22.4 Å². The molecule has 0 amide bonds. The van der Waals surface area contributed by atoms with E-state index < -0.39 is 16.9 Å². The first-order chi connectivity index (χ1) is 27.8. The average Bonchev–Trinajstić information content (AvgIpc) is 3.20. The molecule has 6 aromatic rings. The number of anilines is 4. The highest BCUT2D eigenvalue weighted by atomic mass is 19.1. The first-order valence-electron chi connectivity index (χ1n) is 18.3. The van der Waals surface area contributed by atoms with Gasteiger partial charge in [0.2, 0.25) is 11.8 Å². The van der Waals surface area contributed by atoms with E-state index >= 15 is 0 Å². The lowest BCUT2D eigenvalue weighted by Crippen LogP contribution is -2.33. The fourth-order valence-electron chi connectivity index (χ4n) is 5.66. The number of aromatic nitrogens is 8. The van der Waals surface area contributed by atoms with Crippen molar-refractivity contribution in [3.8, 4) is 11.8 Å². The van der Waals surface area contributed by atoms with E-state index in [4.69, 9.17) is 20.1 Å². The quantitative estimate of drug-likeness (QED) is 0.0517. The number of nitrogens with zero attached hydrogens (tertiary/aromatic N) is 11. The Balaban J connectivity index is 0.000000250. The van der Waals surface area contributed by atoms with Crippen molar-refractivity contribution in [2.75, 3.05) is 39.0 Å². The van der Waals surface area contributed by atoms with Crippen LogP contribution >= 0.6 is 0 Å². The Hall–Kier alpha value is -6.43. The fraction of sp³-hybridized carbons (Fsp3) is 0.400. The van der Waals surface area contributed by atoms with Crippen LogP contribution < -0.4 is 25.4 Å². The van der Waals surface area contributed by atoms with Gasteiger partial charge in [-0.05, 0) is 100 Å². The summed E-state index contributed by atoms with van der Waals surface area (Å²) in [6.07, 6.45) is 9.75. The predicted molar refractivity (Wildman–Crippen MR) is 223 cm³/mol. The van der Waals surface area contributed by atoms with Crippen molar-refractivity contribution in [3.63, 3.8) is 0 Å². The molecule has 0 aliphatic rings. The molecule has 0 bridgehead atoms. The molecular weight excluding hydrogens is 763 g/mol. The molecule has 19 heteroatoms. The van der Waals surface area contributed by atoms with Gasteiger partial charge in [-0.15, -0.1) is 0 Å². The normalized spacial score (nSPS) is 11.7. The monoisotopic (exact) mass is 812 g/mol. The summed E-state index contributed by atoms with van der Waals surface area (Å²) in [7, 11) is 6.00. The predicted octanol–water partition coefficient (Wildman–Crippen LogP) is 8.36. The second-order valence-electron chi connectivity index (χ2n) is 14.9. The zero-order chi connectivity index (χ0) is 43.8. The number of aliphatic hydroxyl groups excluding tert-OH is 1. The number of alkyl halides is 2. The second kappa shape index (κ2) is 18.4. The van der Waals surface area contributed by atoms with Gasteiger partial charge in [0.1, 0.15) is 23.3 Å². The molecule has 4 N–H and O–H groups in total. The number of rotatable bonds is 12. The van der Waals surface area contributed by atoms with Gasteiger partial charge < -0.3 is 30.5 Å². The van der Waals surface area contributed by atoms with E-state index in [0.717, 1.165) is 28.8 Å². The molecule has 0 fully saturated rings. The Morgan fingerprint density at radius 1 is 0.627 bits per heavy atom. The van der Waals surface area contributed by atoms with E-state index in [0.29, 0.717) is 46.0 Å². The number of hydrogen-bond donors (Lipinski definition) is 4. The maximum absolute atomic E-state index is 14.2. The number of halogens is 2. The van der Waals surface area contributed by atoms with Crippen LogP contribution in [0.5, 0.6) is 11.8 Å². The molecule has 6 heterocycles. The van der Waals surface area contributed by atoms with Crippen molar-refractivity contribution in [1.82, 2.24) is 45.2 Å². The van der Waals surface area contributed by atoms with Crippen molar-refractivity contribution in [1.29, 1.82) is 0 Å². The lowest BCUT2D eigenvalue weighted by Gasteiger charge is -2.26. The molecule has 0 spiro atoms. The van der Waals surface area contributed by atoms with Crippen LogP contribution in [0.15, 0.2) is 66.6 Å². The maximum atomic E-state index is 14.2. The Labute approximate surface area is 341 Å². The summed E-state index contributed by atoms with van der Waals surface area (Å²) in [5, 5.41) is 23.6. The number of aliphatic hydroxyl groups is 1. The van der Waals surface area contributed by atoms with Crippen LogP contribution in [0.2, 0.25) is 0 Å². The van der Waals surface area contributed by atoms with Crippen molar-refractivity contribution >= 4 is 44.8 Å². The lowest BCUT2D eigenvalue weighted by atomic mass is 9.92. The van der Waals surface area contributed by atoms with Gasteiger partial charge in [0, 0.05) is 54.7 Å². The smallest absolute Gasteiger partial charge is 0.222 e. The van der Waals surface area contributed by atoms with E-state index in [9.17, 15) is 8.78 Å². The van der Waals surface area contributed by atoms with Crippen molar-refractivity contribution < 1.29 is 23.4 Å². The minimum atomic E-state index is -1.67. The van der Waals surface area contributed by atoms with Crippen molar-refractivity contribution in [3.05, 3.63) is 94.7 Å². The number of azide groups is 1. The fourth-order valence-corrected chi connectivity index (χ4v) is 5.66. The minimum absolute atomic E-state index is 0.0688. The van der Waals surface area contributed by atoms with Crippen molar-refractivity contribution in [2.45, 2.75) is 77.8 Å². The topological polar surface area (TPSA) is 227 Å². The van der Waals surface area contributed by atoms with Crippen LogP contribution in [0, 0.1) is 0 Å². The first kappa shape index (κ1) is 45.3. The third-order valence-corrected chi connectivity index (χ3v) is 9.00. The van der Waals surface area contributed by atoms with Crippen LogP contribution in [-0.4, -0.2) is 73.4 Å². The summed E-state index contributed by atoms with van der Waals surface area (Å²) in [5.41, 5.74) is 6.19. The standard InChI is InChI=1S/C20H25FN6O.C19H21FN8O.CH4O/c1-19(2,21)18-23-8-7-15(27-18)26-16-9-12-13(10-24-16)17(28-6)25-11-14(12)20(3,4)22-5;1-18(2,20)17-22-7-6-14(26-17)25-15-8-11-12(9-23-15)16(29-5)24-10-13(11)19(3,4)27-28-21;1-2/h7-11,22H,1-6H3,(H,23,24,26,27);6-10H,1-5H3,(H,22,23,25,26);2H,1H3. The van der Waals surface area contributed by atoms with Gasteiger partial charge in [0.25, 0.3) is 0 Å². The maximum Gasteiger partial charge on any atom is 0.222 e. The van der Waals surface area contributed by atoms with E-state index in [-0.39, 0.29) is 17.2 Å². The highest BCUT2D eigenvalue weighted by Crippen LogP contribution is 2.36. The second-order valence-corrected chi connectivity index (χ2v) is 14.9. The highest BCUT2D eigenvalue weighted by Gasteiger charge is 2.26. The Morgan fingerprint density at radius 3 is 1.44 bits per heavy atom. The SMILES string of the molecule is CNC(C)(C)c1cnc(OC)c2cnc(Nc3ccnc(C(C)(C)F)n3)cc12.CO.COc1ncc(C(C)(C)N=[N+]=[N-])c2cc(Nc3ccnc(C(C)(C)F)n3)ncc12. The van der Waals surface area contributed by atoms with Gasteiger partial charge in [-0.2, -0.15) is 0 Å². The van der Waals surface area contributed by atoms with E-state index in [1.807, 2.05) is 13.1 Å². The summed E-state index contributed by atoms with van der Waals surface area (Å²) < 4.78 is 39.0. The molecule has 0 saturated heterocycles. The van der Waals surface area contributed by atoms with E-state index in [2.05, 4.69) is 79.7 Å². The summed E-state index contributed by atoms with van der Waals surface area (Å²) in [6.45, 7) is 13.4. The highest BCUT2D eigenvalue weighted by molar-refractivity contribution is 5.92. The average molecular weight is 813 g/mol. The molecule has 6 rings (SSSR count). The molecule has 0 aromatic carbocycles. The zero-order valence-electron chi connectivity index (χ0n) is 35.2. The van der Waals surface area contributed by atoms with Gasteiger partial charge >= 0.3 is 0 Å². The summed E-state index contributed by atoms with van der Waals surface area (Å²) in [4.78, 5) is 36.9. The molecule has 0 aliphatic heterocycles. The third kappa shape index (κ3) is 10.8. The van der Waals surface area contributed by atoms with Gasteiger partial charge in [-0.25, -0.2) is 48.7 Å². The van der Waals surface area contributed by atoms with Crippen LogP contribution in [0.25, 0.3) is 32.0 Å². The Kier molecular flexibility index (Phi) is 14.1. The van der Waals surface area contributed by atoms with Gasteiger partial charge in [-0.3, -0.25) is 0 Å². The van der Waals surface area contributed by atoms with Gasteiger partial charge in [0.05, 0.1) is 30.5 Å². The van der Waals surface area contributed by atoms with Crippen LogP contribution in [0.1, 0.15) is 78.2 Å². The van der Waals surface area contributed by atoms with Gasteiger partial charge in [-0.1, -0.05) is 19.0 Å². The number of methoxy groups -OCH3 is 2. The summed E-state index contributed by atoms with van der Waals surface area (Å²) in [6, 6.07) is 6.99.